The van der Waals surface area contributed by atoms with E-state index in [1.165, 1.54) is 0 Å². The van der Waals surface area contributed by atoms with E-state index in [1.54, 1.807) is 0 Å². The fourth-order valence-electron chi connectivity index (χ4n) is 3.75. The highest BCUT2D eigenvalue weighted by Gasteiger charge is 2.51. The van der Waals surface area contributed by atoms with Crippen molar-refractivity contribution in [1.29, 1.82) is 0 Å². The molecule has 15 heteroatoms. The molecule has 0 radical (unpaired) electrons. The fraction of sp³-hybridized carbons (Fsp3) is 1.00. The van der Waals surface area contributed by atoms with Crippen LogP contribution in [0.3, 0.4) is 0 Å². The van der Waals surface area contributed by atoms with Crippen LogP contribution in [0.1, 0.15) is 0 Å². The van der Waals surface area contributed by atoms with E-state index in [0.717, 1.165) is 0 Å². The van der Waals surface area contributed by atoms with Crippen LogP contribution >= 0.6 is 0 Å². The Hall–Kier alpha value is -0.600. The summed E-state index contributed by atoms with van der Waals surface area (Å²) in [6.07, 6.45) is -22.9. The molecule has 3 saturated heterocycles. The summed E-state index contributed by atoms with van der Waals surface area (Å²) in [5.41, 5.74) is 0. The SMILES string of the molecule is OC[C@H]1O[C@@H](O[C@@H]2[C@@H](O[C@@H]3O[C@H](CO)[C@@H](O)[C@H](O)[C@H]3O)[C@@H](O)CO[C@H]2O)[C@H](O)[C@@H](O)[C@@H]1O. The molecule has 0 spiro atoms. The molecule has 0 unspecified atom stereocenters. The number of rotatable bonds is 6. The number of hydrogen-bond acceptors (Lipinski definition) is 15. The molecule has 0 aromatic heterocycles. The van der Waals surface area contributed by atoms with Gasteiger partial charge in [-0.2, -0.15) is 0 Å². The molecule has 3 heterocycles. The molecule has 0 aliphatic carbocycles. The largest absolute Gasteiger partial charge is 0.394 e. The minimum absolute atomic E-state index is 0.447. The van der Waals surface area contributed by atoms with E-state index in [4.69, 9.17) is 23.7 Å². The first-order chi connectivity index (χ1) is 15.1. The third-order valence-electron chi connectivity index (χ3n) is 5.70. The molecule has 0 saturated carbocycles. The molecule has 3 aliphatic rings. The predicted octanol–water partition coefficient (Wildman–Crippen LogP) is -6.93. The molecular formula is C17H30O15. The summed E-state index contributed by atoms with van der Waals surface area (Å²) in [5.74, 6) is 0. The highest BCUT2D eigenvalue weighted by atomic mass is 16.8. The van der Waals surface area contributed by atoms with E-state index in [9.17, 15) is 51.1 Å². The van der Waals surface area contributed by atoms with E-state index < -0.39 is 106 Å². The standard InChI is InChI=1S/C17H30O15/c18-1-5-7(21)9(23)11(25)16(29-5)31-13-4(20)3-28-15(27)14(13)32-17-12(26)10(24)8(22)6(2-19)30-17/h4-27H,1-3H2/t4-,5+,6+,7+,8+,9-,10-,11+,12+,13-,14+,15+,16-,17-/m0/s1. The molecule has 14 atom stereocenters. The Morgan fingerprint density at radius 1 is 0.594 bits per heavy atom. The summed E-state index contributed by atoms with van der Waals surface area (Å²) in [7, 11) is 0. The normalized spacial score (nSPS) is 52.7. The van der Waals surface area contributed by atoms with Crippen LogP contribution in [0.5, 0.6) is 0 Å². The van der Waals surface area contributed by atoms with E-state index in [2.05, 4.69) is 0 Å². The van der Waals surface area contributed by atoms with Crippen molar-refractivity contribution < 1.29 is 74.7 Å². The predicted molar refractivity (Wildman–Crippen MR) is 95.2 cm³/mol. The summed E-state index contributed by atoms with van der Waals surface area (Å²) in [6.45, 7) is -1.91. The van der Waals surface area contributed by atoms with Crippen LogP contribution in [0.25, 0.3) is 0 Å². The number of ether oxygens (including phenoxy) is 5. The van der Waals surface area contributed by atoms with Crippen LogP contribution in [0.15, 0.2) is 0 Å². The van der Waals surface area contributed by atoms with E-state index in [0.29, 0.717) is 0 Å². The molecule has 10 N–H and O–H groups in total. The van der Waals surface area contributed by atoms with Gasteiger partial charge in [-0.3, -0.25) is 0 Å². The first-order valence-corrected chi connectivity index (χ1v) is 10.00. The van der Waals surface area contributed by atoms with Crippen molar-refractivity contribution >= 4 is 0 Å². The van der Waals surface area contributed by atoms with Crippen molar-refractivity contribution in [2.45, 2.75) is 86.0 Å². The second-order valence-electron chi connectivity index (χ2n) is 7.89. The Kier molecular flexibility index (Phi) is 8.75. The minimum Gasteiger partial charge on any atom is -0.394 e. The highest BCUT2D eigenvalue weighted by Crippen LogP contribution is 2.30. The summed E-state index contributed by atoms with van der Waals surface area (Å²) < 4.78 is 26.4. The van der Waals surface area contributed by atoms with Gasteiger partial charge in [-0.05, 0) is 0 Å². The molecule has 3 aliphatic heterocycles. The molecule has 0 bridgehead atoms. The lowest BCUT2D eigenvalue weighted by atomic mass is 9.98. The summed E-state index contributed by atoms with van der Waals surface area (Å²) in [5, 5.41) is 99.1. The van der Waals surface area contributed by atoms with Crippen LogP contribution in [0.4, 0.5) is 0 Å². The van der Waals surface area contributed by atoms with Crippen LogP contribution in [-0.4, -0.2) is 157 Å². The average molecular weight is 474 g/mol. The average Bonchev–Trinajstić information content (AvgIpc) is 2.78. The Labute approximate surface area is 181 Å². The lowest BCUT2D eigenvalue weighted by molar-refractivity contribution is -0.378. The third kappa shape index (κ3) is 5.07. The molecule has 15 nitrogen and oxygen atoms in total. The third-order valence-corrected chi connectivity index (χ3v) is 5.70. The molecule has 3 rings (SSSR count). The lowest BCUT2D eigenvalue weighted by Crippen LogP contribution is -2.65. The first-order valence-electron chi connectivity index (χ1n) is 10.00. The van der Waals surface area contributed by atoms with Crippen molar-refractivity contribution in [2.24, 2.45) is 0 Å². The second kappa shape index (κ2) is 10.8. The minimum atomic E-state index is -1.83. The van der Waals surface area contributed by atoms with Gasteiger partial charge in [-0.25, -0.2) is 0 Å². The van der Waals surface area contributed by atoms with Crippen molar-refractivity contribution in [2.75, 3.05) is 19.8 Å². The van der Waals surface area contributed by atoms with Crippen molar-refractivity contribution in [3.8, 4) is 0 Å². The zero-order chi connectivity index (χ0) is 23.7. The van der Waals surface area contributed by atoms with Crippen LogP contribution < -0.4 is 0 Å². The van der Waals surface area contributed by atoms with Gasteiger partial charge in [0.15, 0.2) is 18.9 Å². The van der Waals surface area contributed by atoms with Gasteiger partial charge < -0.3 is 74.7 Å². The lowest BCUT2D eigenvalue weighted by Gasteiger charge is -2.46. The van der Waals surface area contributed by atoms with E-state index in [-0.39, 0.29) is 0 Å². The van der Waals surface area contributed by atoms with Gasteiger partial charge in [0.05, 0.1) is 19.8 Å². The molecule has 0 amide bonds. The van der Waals surface area contributed by atoms with Crippen LogP contribution in [0.2, 0.25) is 0 Å². The van der Waals surface area contributed by atoms with Crippen molar-refractivity contribution in [3.63, 3.8) is 0 Å². The summed E-state index contributed by atoms with van der Waals surface area (Å²) in [4.78, 5) is 0. The van der Waals surface area contributed by atoms with Gasteiger partial charge in [-0.15, -0.1) is 0 Å². The van der Waals surface area contributed by atoms with Gasteiger partial charge in [0.2, 0.25) is 0 Å². The van der Waals surface area contributed by atoms with Gasteiger partial charge in [0.25, 0.3) is 0 Å². The quantitative estimate of drug-likeness (QED) is 0.172. The maximum absolute atomic E-state index is 10.3. The van der Waals surface area contributed by atoms with Gasteiger partial charge in [-0.1, -0.05) is 0 Å². The second-order valence-corrected chi connectivity index (χ2v) is 7.89. The van der Waals surface area contributed by atoms with Crippen LogP contribution in [-0.2, 0) is 23.7 Å². The maximum atomic E-state index is 10.3. The van der Waals surface area contributed by atoms with E-state index >= 15 is 0 Å². The van der Waals surface area contributed by atoms with Gasteiger partial charge in [0, 0.05) is 0 Å². The highest BCUT2D eigenvalue weighted by molar-refractivity contribution is 4.94. The maximum Gasteiger partial charge on any atom is 0.187 e. The molecule has 32 heavy (non-hydrogen) atoms. The molecular weight excluding hydrogens is 444 g/mol. The van der Waals surface area contributed by atoms with Gasteiger partial charge >= 0.3 is 0 Å². The summed E-state index contributed by atoms with van der Waals surface area (Å²) in [6, 6.07) is 0. The van der Waals surface area contributed by atoms with Crippen molar-refractivity contribution in [3.05, 3.63) is 0 Å². The summed E-state index contributed by atoms with van der Waals surface area (Å²) >= 11 is 0. The smallest absolute Gasteiger partial charge is 0.187 e. The molecule has 188 valence electrons. The Bertz CT molecular complexity index is 542. The molecule has 0 aromatic rings. The number of aliphatic hydroxyl groups is 10. The zero-order valence-electron chi connectivity index (χ0n) is 16.7. The topological polar surface area (TPSA) is 248 Å². The van der Waals surface area contributed by atoms with Crippen LogP contribution in [0, 0.1) is 0 Å². The zero-order valence-corrected chi connectivity index (χ0v) is 16.7. The first kappa shape index (κ1) is 26.0. The Morgan fingerprint density at radius 3 is 1.47 bits per heavy atom. The molecule has 0 aromatic carbocycles. The Balaban J connectivity index is 1.76. The monoisotopic (exact) mass is 474 g/mol. The fourth-order valence-corrected chi connectivity index (χ4v) is 3.75. The Morgan fingerprint density at radius 2 is 1.03 bits per heavy atom. The molecule has 3 fully saturated rings. The van der Waals surface area contributed by atoms with Gasteiger partial charge in [0.1, 0.15) is 67.1 Å². The van der Waals surface area contributed by atoms with Crippen molar-refractivity contribution in [1.82, 2.24) is 0 Å². The number of hydrogen-bond donors (Lipinski definition) is 10. The van der Waals surface area contributed by atoms with E-state index in [1.807, 2.05) is 0 Å². The number of aliphatic hydroxyl groups excluding tert-OH is 10.